The zero-order valence-electron chi connectivity index (χ0n) is 11.2. The van der Waals surface area contributed by atoms with Crippen LogP contribution < -0.4 is 11.1 Å². The first-order valence-corrected chi connectivity index (χ1v) is 6.35. The SMILES string of the molecule is CC(CNc1ccc([N+](=O)[O-])c(N)n1)N(C)C1CC1. The molecule has 1 aromatic heterocycles. The Morgan fingerprint density at radius 3 is 2.84 bits per heavy atom. The summed E-state index contributed by atoms with van der Waals surface area (Å²) in [5.74, 6) is 0.511. The van der Waals surface area contributed by atoms with E-state index in [1.54, 1.807) is 6.07 Å². The molecule has 0 amide bonds. The molecule has 7 nitrogen and oxygen atoms in total. The van der Waals surface area contributed by atoms with Crippen LogP contribution in [0.15, 0.2) is 12.1 Å². The molecule has 19 heavy (non-hydrogen) atoms. The van der Waals surface area contributed by atoms with Gasteiger partial charge in [0.1, 0.15) is 5.82 Å². The average Bonchev–Trinajstić information content (AvgIpc) is 3.18. The standard InChI is InChI=1S/C12H19N5O2/c1-8(16(2)9-3-4-9)7-14-11-6-5-10(17(18)19)12(13)15-11/h5-6,8-9H,3-4,7H2,1-2H3,(H3,13,14,15). The molecule has 1 aliphatic carbocycles. The van der Waals surface area contributed by atoms with E-state index in [2.05, 4.69) is 29.2 Å². The Hall–Kier alpha value is -1.89. The van der Waals surface area contributed by atoms with E-state index in [1.165, 1.54) is 18.9 Å². The summed E-state index contributed by atoms with van der Waals surface area (Å²) in [5.41, 5.74) is 5.38. The van der Waals surface area contributed by atoms with Crippen LogP contribution in [-0.4, -0.2) is 40.5 Å². The van der Waals surface area contributed by atoms with E-state index in [0.717, 1.165) is 6.54 Å². The minimum Gasteiger partial charge on any atom is -0.378 e. The fraction of sp³-hybridized carbons (Fsp3) is 0.583. The molecule has 3 N–H and O–H groups in total. The van der Waals surface area contributed by atoms with Gasteiger partial charge in [-0.2, -0.15) is 0 Å². The topological polar surface area (TPSA) is 97.3 Å². The number of nitrogen functional groups attached to an aromatic ring is 1. The first-order chi connectivity index (χ1) is 8.99. The Labute approximate surface area is 112 Å². The molecule has 1 aromatic rings. The number of hydrogen-bond donors (Lipinski definition) is 2. The predicted octanol–water partition coefficient (Wildman–Crippen LogP) is 1.47. The quantitative estimate of drug-likeness (QED) is 0.597. The first-order valence-electron chi connectivity index (χ1n) is 6.35. The summed E-state index contributed by atoms with van der Waals surface area (Å²) in [5, 5.41) is 13.8. The Morgan fingerprint density at radius 2 is 2.32 bits per heavy atom. The Morgan fingerprint density at radius 1 is 1.63 bits per heavy atom. The van der Waals surface area contributed by atoms with E-state index in [-0.39, 0.29) is 11.5 Å². The zero-order valence-corrected chi connectivity index (χ0v) is 11.2. The van der Waals surface area contributed by atoms with Crippen LogP contribution in [0.3, 0.4) is 0 Å². The molecule has 1 unspecified atom stereocenters. The van der Waals surface area contributed by atoms with Crippen molar-refractivity contribution in [3.63, 3.8) is 0 Å². The van der Waals surface area contributed by atoms with Crippen molar-refractivity contribution in [1.29, 1.82) is 0 Å². The molecule has 0 bridgehead atoms. The Kier molecular flexibility index (Phi) is 3.84. The summed E-state index contributed by atoms with van der Waals surface area (Å²) in [4.78, 5) is 16.4. The highest BCUT2D eigenvalue weighted by molar-refractivity contribution is 5.57. The highest BCUT2D eigenvalue weighted by Crippen LogP contribution is 2.27. The maximum absolute atomic E-state index is 10.6. The van der Waals surface area contributed by atoms with Gasteiger partial charge in [0.2, 0.25) is 5.82 Å². The Balaban J connectivity index is 1.92. The third-order valence-corrected chi connectivity index (χ3v) is 3.50. The molecule has 1 heterocycles. The summed E-state index contributed by atoms with van der Waals surface area (Å²) in [6, 6.07) is 4.04. The lowest BCUT2D eigenvalue weighted by molar-refractivity contribution is -0.384. The van der Waals surface area contributed by atoms with Gasteiger partial charge in [-0.15, -0.1) is 0 Å². The number of rotatable bonds is 6. The van der Waals surface area contributed by atoms with E-state index >= 15 is 0 Å². The van der Waals surface area contributed by atoms with Crippen LogP contribution in [0.1, 0.15) is 19.8 Å². The molecule has 7 heteroatoms. The van der Waals surface area contributed by atoms with Crippen molar-refractivity contribution in [3.8, 4) is 0 Å². The lowest BCUT2D eigenvalue weighted by atomic mass is 10.3. The van der Waals surface area contributed by atoms with Gasteiger partial charge in [0.25, 0.3) is 0 Å². The molecular formula is C12H19N5O2. The minimum atomic E-state index is -0.532. The molecular weight excluding hydrogens is 246 g/mol. The van der Waals surface area contributed by atoms with Crippen LogP contribution in [0.4, 0.5) is 17.3 Å². The number of anilines is 2. The van der Waals surface area contributed by atoms with Gasteiger partial charge in [0, 0.05) is 24.7 Å². The third kappa shape index (κ3) is 3.31. The van der Waals surface area contributed by atoms with Gasteiger partial charge < -0.3 is 11.1 Å². The molecule has 0 spiro atoms. The van der Waals surface area contributed by atoms with Crippen molar-refractivity contribution < 1.29 is 4.92 Å². The Bertz CT molecular complexity index is 475. The normalized spacial score (nSPS) is 16.4. The summed E-state index contributed by atoms with van der Waals surface area (Å²) in [7, 11) is 2.11. The van der Waals surface area contributed by atoms with Crippen molar-refractivity contribution in [2.45, 2.75) is 31.8 Å². The number of nitrogens with one attached hydrogen (secondary N) is 1. The van der Waals surface area contributed by atoms with Crippen LogP contribution in [-0.2, 0) is 0 Å². The zero-order chi connectivity index (χ0) is 14.0. The molecule has 1 atom stereocenters. The van der Waals surface area contributed by atoms with Crippen molar-refractivity contribution in [2.75, 3.05) is 24.6 Å². The highest BCUT2D eigenvalue weighted by atomic mass is 16.6. The first kappa shape index (κ1) is 13.5. The largest absolute Gasteiger partial charge is 0.378 e. The van der Waals surface area contributed by atoms with Gasteiger partial charge in [-0.25, -0.2) is 4.98 Å². The van der Waals surface area contributed by atoms with Crippen LogP contribution in [0.5, 0.6) is 0 Å². The van der Waals surface area contributed by atoms with Crippen molar-refractivity contribution in [2.24, 2.45) is 0 Å². The monoisotopic (exact) mass is 265 g/mol. The maximum atomic E-state index is 10.6. The van der Waals surface area contributed by atoms with Gasteiger partial charge in [-0.3, -0.25) is 15.0 Å². The molecule has 1 saturated carbocycles. The number of likely N-dealkylation sites (N-methyl/N-ethyl adjacent to an activating group) is 1. The molecule has 2 rings (SSSR count). The van der Waals surface area contributed by atoms with E-state index in [1.807, 2.05) is 0 Å². The molecule has 0 aliphatic heterocycles. The van der Waals surface area contributed by atoms with Gasteiger partial charge in [0.15, 0.2) is 0 Å². The molecule has 0 saturated heterocycles. The third-order valence-electron chi connectivity index (χ3n) is 3.50. The van der Waals surface area contributed by atoms with Gasteiger partial charge in [-0.1, -0.05) is 0 Å². The number of nitro groups is 1. The van der Waals surface area contributed by atoms with Crippen LogP contribution in [0.2, 0.25) is 0 Å². The highest BCUT2D eigenvalue weighted by Gasteiger charge is 2.28. The van der Waals surface area contributed by atoms with Crippen LogP contribution >= 0.6 is 0 Å². The maximum Gasteiger partial charge on any atom is 0.311 e. The van der Waals surface area contributed by atoms with Crippen LogP contribution in [0.25, 0.3) is 0 Å². The average molecular weight is 265 g/mol. The number of hydrogen-bond acceptors (Lipinski definition) is 6. The second-order valence-corrected chi connectivity index (χ2v) is 4.98. The van der Waals surface area contributed by atoms with E-state index in [9.17, 15) is 10.1 Å². The number of nitrogens with two attached hydrogens (primary N) is 1. The van der Waals surface area contributed by atoms with Crippen LogP contribution in [0, 0.1) is 10.1 Å². The molecule has 0 radical (unpaired) electrons. The summed E-state index contributed by atoms with van der Waals surface area (Å²) < 4.78 is 0. The summed E-state index contributed by atoms with van der Waals surface area (Å²) in [6.45, 7) is 2.87. The van der Waals surface area contributed by atoms with Gasteiger partial charge >= 0.3 is 5.69 Å². The summed E-state index contributed by atoms with van der Waals surface area (Å²) in [6.07, 6.45) is 2.53. The van der Waals surface area contributed by atoms with Crippen molar-refractivity contribution >= 4 is 17.3 Å². The second kappa shape index (κ2) is 5.40. The van der Waals surface area contributed by atoms with E-state index < -0.39 is 4.92 Å². The molecule has 0 aromatic carbocycles. The number of nitrogens with zero attached hydrogens (tertiary/aromatic N) is 3. The molecule has 1 aliphatic rings. The van der Waals surface area contributed by atoms with E-state index in [4.69, 9.17) is 5.73 Å². The second-order valence-electron chi connectivity index (χ2n) is 4.98. The summed E-state index contributed by atoms with van der Waals surface area (Å²) >= 11 is 0. The van der Waals surface area contributed by atoms with Gasteiger partial charge in [-0.05, 0) is 32.9 Å². The van der Waals surface area contributed by atoms with Crippen molar-refractivity contribution in [1.82, 2.24) is 9.88 Å². The lowest BCUT2D eigenvalue weighted by Gasteiger charge is -2.24. The van der Waals surface area contributed by atoms with Gasteiger partial charge in [0.05, 0.1) is 4.92 Å². The fourth-order valence-corrected chi connectivity index (χ4v) is 1.96. The minimum absolute atomic E-state index is 0.0572. The van der Waals surface area contributed by atoms with E-state index in [0.29, 0.717) is 17.9 Å². The molecule has 1 fully saturated rings. The fourth-order valence-electron chi connectivity index (χ4n) is 1.96. The predicted molar refractivity (Wildman–Crippen MR) is 74.0 cm³/mol. The smallest absolute Gasteiger partial charge is 0.311 e. The lowest BCUT2D eigenvalue weighted by Crippen LogP contribution is -2.36. The number of pyridine rings is 1. The van der Waals surface area contributed by atoms with Crippen molar-refractivity contribution in [3.05, 3.63) is 22.2 Å². The number of aromatic nitrogens is 1. The molecule has 104 valence electrons.